The molecule has 6 nitrogen and oxygen atoms in total. The van der Waals surface area contributed by atoms with Gasteiger partial charge >= 0.3 is 0 Å². The number of hydrogen-bond acceptors (Lipinski definition) is 5. The highest BCUT2D eigenvalue weighted by Gasteiger charge is 2.07. The van der Waals surface area contributed by atoms with E-state index < -0.39 is 0 Å². The number of hydrogen-bond donors (Lipinski definition) is 2. The Balaban J connectivity index is 1.91. The molecule has 3 N–H and O–H groups in total. The van der Waals surface area contributed by atoms with Gasteiger partial charge in [0.15, 0.2) is 18.1 Å². The van der Waals surface area contributed by atoms with Crippen LogP contribution in [0, 0.1) is 0 Å². The summed E-state index contributed by atoms with van der Waals surface area (Å²) in [6.07, 6.45) is 0. The minimum Gasteiger partial charge on any atom is -0.490 e. The number of nitrogens with two attached hydrogens (primary N) is 1. The zero-order valence-corrected chi connectivity index (χ0v) is 13.8. The largest absolute Gasteiger partial charge is 0.490 e. The fourth-order valence-electron chi connectivity index (χ4n) is 1.99. The molecule has 0 heterocycles. The summed E-state index contributed by atoms with van der Waals surface area (Å²) in [7, 11) is 0. The molecule has 2 rings (SSSR count). The summed E-state index contributed by atoms with van der Waals surface area (Å²) >= 11 is 0. The van der Waals surface area contributed by atoms with Crippen molar-refractivity contribution in [1.82, 2.24) is 5.43 Å². The summed E-state index contributed by atoms with van der Waals surface area (Å²) in [5.74, 6) is 0.767. The second-order valence-electron chi connectivity index (χ2n) is 5.03. The van der Waals surface area contributed by atoms with E-state index in [2.05, 4.69) is 10.5 Å². The number of carbonyl (C=O) groups excluding carboxylic acids is 1. The Morgan fingerprint density at radius 3 is 2.50 bits per heavy atom. The maximum atomic E-state index is 11.9. The van der Waals surface area contributed by atoms with Crippen LogP contribution >= 0.6 is 0 Å². The van der Waals surface area contributed by atoms with Gasteiger partial charge in [0.05, 0.1) is 12.3 Å². The average molecular weight is 327 g/mol. The SMILES string of the molecule is CCOc1ccccc1OCC(=O)N/N=C(\C)c1cccc(N)c1. The number of rotatable bonds is 7. The number of carbonyl (C=O) groups is 1. The molecule has 0 bridgehead atoms. The van der Waals surface area contributed by atoms with E-state index in [0.717, 1.165) is 5.56 Å². The molecule has 0 spiro atoms. The number of amides is 1. The molecule has 0 aliphatic rings. The fraction of sp³-hybridized carbons (Fsp3) is 0.222. The van der Waals surface area contributed by atoms with E-state index in [1.54, 1.807) is 31.2 Å². The van der Waals surface area contributed by atoms with Gasteiger partial charge in [-0.3, -0.25) is 4.79 Å². The Kier molecular flexibility index (Phi) is 6.19. The quantitative estimate of drug-likeness (QED) is 0.465. The lowest BCUT2D eigenvalue weighted by molar-refractivity contribution is -0.123. The Labute approximate surface area is 141 Å². The molecule has 126 valence electrons. The molecule has 0 unspecified atom stereocenters. The minimum absolute atomic E-state index is 0.155. The Morgan fingerprint density at radius 2 is 1.83 bits per heavy atom. The van der Waals surface area contributed by atoms with Crippen LogP contribution in [0.25, 0.3) is 0 Å². The highest BCUT2D eigenvalue weighted by molar-refractivity contribution is 5.99. The molecule has 0 saturated carbocycles. The van der Waals surface area contributed by atoms with Crippen molar-refractivity contribution >= 4 is 17.3 Å². The second-order valence-corrected chi connectivity index (χ2v) is 5.03. The van der Waals surface area contributed by atoms with E-state index in [4.69, 9.17) is 15.2 Å². The van der Waals surface area contributed by atoms with E-state index in [0.29, 0.717) is 29.5 Å². The molecule has 2 aromatic carbocycles. The molecule has 0 aliphatic heterocycles. The summed E-state index contributed by atoms with van der Waals surface area (Å²) in [4.78, 5) is 11.9. The van der Waals surface area contributed by atoms with E-state index in [1.165, 1.54) is 0 Å². The first kappa shape index (κ1) is 17.3. The van der Waals surface area contributed by atoms with Gasteiger partial charge in [0.25, 0.3) is 5.91 Å². The van der Waals surface area contributed by atoms with Gasteiger partial charge in [-0.1, -0.05) is 24.3 Å². The van der Waals surface area contributed by atoms with Gasteiger partial charge in [-0.25, -0.2) is 5.43 Å². The van der Waals surface area contributed by atoms with Crippen molar-refractivity contribution in [3.63, 3.8) is 0 Å². The van der Waals surface area contributed by atoms with Crippen LogP contribution in [0.4, 0.5) is 5.69 Å². The van der Waals surface area contributed by atoms with E-state index in [-0.39, 0.29) is 12.5 Å². The molecule has 0 aromatic heterocycles. The maximum Gasteiger partial charge on any atom is 0.277 e. The minimum atomic E-state index is -0.357. The highest BCUT2D eigenvalue weighted by atomic mass is 16.5. The van der Waals surface area contributed by atoms with Crippen LogP contribution in [0.15, 0.2) is 53.6 Å². The predicted octanol–water partition coefficient (Wildman–Crippen LogP) is 2.59. The lowest BCUT2D eigenvalue weighted by atomic mass is 10.1. The first-order valence-corrected chi connectivity index (χ1v) is 7.63. The van der Waals surface area contributed by atoms with Gasteiger partial charge in [0.2, 0.25) is 0 Å². The zero-order valence-electron chi connectivity index (χ0n) is 13.8. The van der Waals surface area contributed by atoms with Crippen LogP contribution in [0.2, 0.25) is 0 Å². The molecule has 0 saturated heterocycles. The first-order valence-electron chi connectivity index (χ1n) is 7.63. The maximum absolute atomic E-state index is 11.9. The molecule has 0 aliphatic carbocycles. The number of ether oxygens (including phenoxy) is 2. The number of para-hydroxylation sites is 2. The normalized spacial score (nSPS) is 11.0. The Hall–Kier alpha value is -3.02. The lowest BCUT2D eigenvalue weighted by Crippen LogP contribution is -2.25. The van der Waals surface area contributed by atoms with Gasteiger partial charge in [-0.05, 0) is 43.7 Å². The highest BCUT2D eigenvalue weighted by Crippen LogP contribution is 2.26. The summed E-state index contributed by atoms with van der Waals surface area (Å²) < 4.78 is 10.9. The fourth-order valence-corrected chi connectivity index (χ4v) is 1.99. The van der Waals surface area contributed by atoms with Crippen molar-refractivity contribution in [3.05, 3.63) is 54.1 Å². The number of hydrazone groups is 1. The van der Waals surface area contributed by atoms with Crippen LogP contribution in [0.5, 0.6) is 11.5 Å². The van der Waals surface area contributed by atoms with Crippen LogP contribution < -0.4 is 20.6 Å². The van der Waals surface area contributed by atoms with Crippen molar-refractivity contribution in [2.24, 2.45) is 5.10 Å². The molecule has 0 radical (unpaired) electrons. The molecule has 1 amide bonds. The van der Waals surface area contributed by atoms with Gasteiger partial charge < -0.3 is 15.2 Å². The monoisotopic (exact) mass is 327 g/mol. The van der Waals surface area contributed by atoms with Gasteiger partial charge in [0.1, 0.15) is 0 Å². The van der Waals surface area contributed by atoms with E-state index in [1.807, 2.05) is 31.2 Å². The van der Waals surface area contributed by atoms with Crippen molar-refractivity contribution in [2.45, 2.75) is 13.8 Å². The Morgan fingerprint density at radius 1 is 1.12 bits per heavy atom. The number of benzene rings is 2. The van der Waals surface area contributed by atoms with Crippen LogP contribution in [0.3, 0.4) is 0 Å². The first-order chi connectivity index (χ1) is 11.6. The van der Waals surface area contributed by atoms with Crippen molar-refractivity contribution in [2.75, 3.05) is 18.9 Å². The molecule has 6 heteroatoms. The van der Waals surface area contributed by atoms with Crippen LogP contribution in [-0.4, -0.2) is 24.8 Å². The van der Waals surface area contributed by atoms with Gasteiger partial charge in [-0.15, -0.1) is 0 Å². The summed E-state index contributed by atoms with van der Waals surface area (Å²) in [6.45, 7) is 4.05. The van der Waals surface area contributed by atoms with Gasteiger partial charge in [0, 0.05) is 5.69 Å². The third-order valence-electron chi connectivity index (χ3n) is 3.16. The number of nitrogens with one attached hydrogen (secondary N) is 1. The van der Waals surface area contributed by atoms with E-state index >= 15 is 0 Å². The summed E-state index contributed by atoms with van der Waals surface area (Å²) in [5, 5.41) is 4.06. The predicted molar refractivity (Wildman–Crippen MR) is 94.3 cm³/mol. The smallest absolute Gasteiger partial charge is 0.277 e. The molecule has 2 aromatic rings. The number of nitrogens with zero attached hydrogens (tertiary/aromatic N) is 1. The van der Waals surface area contributed by atoms with Crippen molar-refractivity contribution in [3.8, 4) is 11.5 Å². The Bertz CT molecular complexity index is 729. The molecule has 0 fully saturated rings. The lowest BCUT2D eigenvalue weighted by Gasteiger charge is -2.10. The standard InChI is InChI=1S/C18H21N3O3/c1-3-23-16-9-4-5-10-17(16)24-12-18(22)21-20-13(2)14-7-6-8-15(19)11-14/h4-11H,3,12,19H2,1-2H3,(H,21,22)/b20-13+. The average Bonchev–Trinajstić information content (AvgIpc) is 2.59. The third kappa shape index (κ3) is 5.01. The van der Waals surface area contributed by atoms with Crippen molar-refractivity contribution in [1.29, 1.82) is 0 Å². The molecular weight excluding hydrogens is 306 g/mol. The number of anilines is 1. The second kappa shape index (κ2) is 8.57. The number of nitrogen functional groups attached to an aromatic ring is 1. The summed E-state index contributed by atoms with van der Waals surface area (Å²) in [5.41, 5.74) is 10.3. The van der Waals surface area contributed by atoms with Crippen LogP contribution in [0.1, 0.15) is 19.4 Å². The van der Waals surface area contributed by atoms with E-state index in [9.17, 15) is 4.79 Å². The third-order valence-corrected chi connectivity index (χ3v) is 3.16. The summed E-state index contributed by atoms with van der Waals surface area (Å²) in [6, 6.07) is 14.5. The van der Waals surface area contributed by atoms with Gasteiger partial charge in [-0.2, -0.15) is 5.10 Å². The molecular formula is C18H21N3O3. The molecule has 0 atom stereocenters. The van der Waals surface area contributed by atoms with Crippen LogP contribution in [-0.2, 0) is 4.79 Å². The molecule has 24 heavy (non-hydrogen) atoms. The van der Waals surface area contributed by atoms with Crippen molar-refractivity contribution < 1.29 is 14.3 Å². The zero-order chi connectivity index (χ0) is 17.4. The topological polar surface area (TPSA) is 85.9 Å².